The van der Waals surface area contributed by atoms with Crippen LogP contribution < -0.4 is 4.90 Å². The quantitative estimate of drug-likeness (QED) is 0.154. The van der Waals surface area contributed by atoms with E-state index in [1.807, 2.05) is 61.5 Å². The Hall–Kier alpha value is -3.69. The van der Waals surface area contributed by atoms with Crippen molar-refractivity contribution in [3.05, 3.63) is 95.5 Å². The summed E-state index contributed by atoms with van der Waals surface area (Å²) in [6, 6.07) is 17.9. The van der Waals surface area contributed by atoms with E-state index in [1.165, 1.54) is 3.97 Å². The fourth-order valence-corrected chi connectivity index (χ4v) is 8.28. The van der Waals surface area contributed by atoms with E-state index in [-0.39, 0.29) is 12.4 Å². The van der Waals surface area contributed by atoms with Crippen molar-refractivity contribution in [3.63, 3.8) is 0 Å². The Bertz CT molecular complexity index is 1750. The summed E-state index contributed by atoms with van der Waals surface area (Å²) >= 11 is 1.66. The average molecular weight is 618 g/mol. The molecule has 2 heterocycles. The van der Waals surface area contributed by atoms with Gasteiger partial charge < -0.3 is 9.64 Å². The molecule has 0 amide bonds. The van der Waals surface area contributed by atoms with Gasteiger partial charge in [0.05, 0.1) is 24.2 Å². The maximum absolute atomic E-state index is 13.7. The molecule has 0 saturated heterocycles. The molecule has 0 bridgehead atoms. The van der Waals surface area contributed by atoms with Crippen LogP contribution >= 0.6 is 11.3 Å². The number of anilines is 1. The van der Waals surface area contributed by atoms with Gasteiger partial charge in [-0.2, -0.15) is 0 Å². The Morgan fingerprint density at radius 2 is 1.93 bits per heavy atom. The Balaban J connectivity index is 1.52. The second-order valence-electron chi connectivity index (χ2n) is 11.5. The number of nitrogens with zero attached hydrogens (tertiary/aromatic N) is 3. The highest BCUT2D eigenvalue weighted by atomic mass is 32.2. The summed E-state index contributed by atoms with van der Waals surface area (Å²) in [5.41, 5.74) is 3.62. The lowest BCUT2D eigenvalue weighted by Gasteiger charge is -2.27. The van der Waals surface area contributed by atoms with Crippen LogP contribution in [0.15, 0.2) is 85.1 Å². The molecule has 43 heavy (non-hydrogen) atoms. The van der Waals surface area contributed by atoms with Gasteiger partial charge in [0.1, 0.15) is 4.75 Å². The highest BCUT2D eigenvalue weighted by Crippen LogP contribution is 2.38. The van der Waals surface area contributed by atoms with Crippen molar-refractivity contribution in [2.45, 2.75) is 58.2 Å². The number of allylic oxidation sites excluding steroid dienone is 3. The molecule has 226 valence electrons. The van der Waals surface area contributed by atoms with Gasteiger partial charge in [-0.25, -0.2) is 17.4 Å². The predicted octanol–water partition coefficient (Wildman–Crippen LogP) is 7.38. The van der Waals surface area contributed by atoms with E-state index in [2.05, 4.69) is 30.9 Å². The molecule has 0 aliphatic heterocycles. The zero-order chi connectivity index (χ0) is 30.6. The summed E-state index contributed by atoms with van der Waals surface area (Å²) in [6.07, 6.45) is 10.5. The second-order valence-corrected chi connectivity index (χ2v) is 14.9. The van der Waals surface area contributed by atoms with Crippen molar-refractivity contribution in [2.75, 3.05) is 18.1 Å². The van der Waals surface area contributed by atoms with Crippen molar-refractivity contribution < 1.29 is 17.9 Å². The normalized spacial score (nSPS) is 16.7. The van der Waals surface area contributed by atoms with Gasteiger partial charge in [-0.15, -0.1) is 11.3 Å². The fraction of sp³-hybridized carbons (Fsp3) is 0.353. The predicted molar refractivity (Wildman–Crippen MR) is 176 cm³/mol. The highest BCUT2D eigenvalue weighted by molar-refractivity contribution is 7.91. The molecule has 0 saturated carbocycles. The number of fused-ring (bicyclic) bond motifs is 1. The van der Waals surface area contributed by atoms with Gasteiger partial charge in [-0.1, -0.05) is 74.5 Å². The van der Waals surface area contributed by atoms with E-state index in [0.717, 1.165) is 38.6 Å². The standard InChI is InChI=1S/C34H39N3O4S2/c1-5-41-31(38)17-20-36(24-26-12-8-6-9-13-26)33-35-32(30(42-33)22-25(2)3)28-14-15-29-27(23-28)16-21-37(29)43(39,40)34(4)18-10-7-11-19-34/h6-16,18,21,23,25H,5,17,19-20,22,24H2,1-4H3. The largest absolute Gasteiger partial charge is 0.466 e. The molecule has 9 heteroatoms. The summed E-state index contributed by atoms with van der Waals surface area (Å²) in [5.74, 6) is 0.195. The molecular weight excluding hydrogens is 579 g/mol. The molecule has 0 spiro atoms. The summed E-state index contributed by atoms with van der Waals surface area (Å²) in [7, 11) is -3.68. The summed E-state index contributed by atoms with van der Waals surface area (Å²) in [4.78, 5) is 20.7. The average Bonchev–Trinajstić information content (AvgIpc) is 3.60. The minimum absolute atomic E-state index is 0.224. The fourth-order valence-electron chi connectivity index (χ4n) is 5.31. The number of carbonyl (C=O) groups is 1. The van der Waals surface area contributed by atoms with Gasteiger partial charge in [0.15, 0.2) is 5.13 Å². The zero-order valence-electron chi connectivity index (χ0n) is 25.2. The second kappa shape index (κ2) is 12.9. The van der Waals surface area contributed by atoms with Crippen LogP contribution in [0.5, 0.6) is 0 Å². The van der Waals surface area contributed by atoms with E-state index in [4.69, 9.17) is 9.72 Å². The van der Waals surface area contributed by atoms with Crippen LogP contribution in [0, 0.1) is 5.92 Å². The lowest BCUT2D eigenvalue weighted by atomic mass is 10.0. The van der Waals surface area contributed by atoms with E-state index < -0.39 is 14.8 Å². The lowest BCUT2D eigenvalue weighted by Crippen LogP contribution is -2.37. The third-order valence-electron chi connectivity index (χ3n) is 7.65. The van der Waals surface area contributed by atoms with Crippen LogP contribution in [0.1, 0.15) is 51.0 Å². The minimum atomic E-state index is -3.68. The van der Waals surface area contributed by atoms with Crippen LogP contribution in [0.2, 0.25) is 0 Å². The molecule has 5 rings (SSSR count). The lowest BCUT2D eigenvalue weighted by molar-refractivity contribution is -0.142. The van der Waals surface area contributed by atoms with Crippen molar-refractivity contribution >= 4 is 43.4 Å². The van der Waals surface area contributed by atoms with Gasteiger partial charge >= 0.3 is 5.97 Å². The molecular formula is C34H39N3O4S2. The Morgan fingerprint density at radius 3 is 2.63 bits per heavy atom. The first-order valence-corrected chi connectivity index (χ1v) is 17.0. The SMILES string of the molecule is CCOC(=O)CCN(Cc1ccccc1)c1nc(-c2ccc3c(ccn3S(=O)(=O)C3(C)C=CC=CC3)c2)c(CC(C)C)s1. The van der Waals surface area contributed by atoms with Crippen LogP contribution in [-0.2, 0) is 32.5 Å². The summed E-state index contributed by atoms with van der Waals surface area (Å²) < 4.78 is 33.1. The van der Waals surface area contributed by atoms with E-state index in [0.29, 0.717) is 37.6 Å². The third kappa shape index (κ3) is 6.63. The summed E-state index contributed by atoms with van der Waals surface area (Å²) in [5, 5.41) is 1.69. The van der Waals surface area contributed by atoms with E-state index in [9.17, 15) is 13.2 Å². The molecule has 4 aromatic rings. The van der Waals surface area contributed by atoms with Gasteiger partial charge in [0, 0.05) is 35.1 Å². The maximum Gasteiger partial charge on any atom is 0.307 e. The molecule has 0 radical (unpaired) electrons. The molecule has 0 fully saturated rings. The smallest absolute Gasteiger partial charge is 0.307 e. The Morgan fingerprint density at radius 1 is 1.14 bits per heavy atom. The van der Waals surface area contributed by atoms with Gasteiger partial charge in [0.2, 0.25) is 10.0 Å². The number of thiazole rings is 1. The first-order chi connectivity index (χ1) is 20.6. The molecule has 2 aromatic carbocycles. The molecule has 1 unspecified atom stereocenters. The molecule has 7 nitrogen and oxygen atoms in total. The minimum Gasteiger partial charge on any atom is -0.466 e. The first-order valence-electron chi connectivity index (χ1n) is 14.8. The van der Waals surface area contributed by atoms with Crippen LogP contribution in [0.3, 0.4) is 0 Å². The van der Waals surface area contributed by atoms with Gasteiger partial charge in [-0.05, 0) is 56.4 Å². The van der Waals surface area contributed by atoms with Gasteiger partial charge in [0.25, 0.3) is 0 Å². The van der Waals surface area contributed by atoms with Crippen molar-refractivity contribution in [1.29, 1.82) is 0 Å². The molecule has 0 N–H and O–H groups in total. The monoisotopic (exact) mass is 617 g/mol. The van der Waals surface area contributed by atoms with Crippen molar-refractivity contribution in [2.24, 2.45) is 5.92 Å². The molecule has 1 aliphatic carbocycles. The number of ether oxygens (including phenoxy) is 1. The topological polar surface area (TPSA) is 81.5 Å². The highest BCUT2D eigenvalue weighted by Gasteiger charge is 2.38. The first kappa shape index (κ1) is 30.8. The zero-order valence-corrected chi connectivity index (χ0v) is 26.8. The van der Waals surface area contributed by atoms with Crippen LogP contribution in [-0.4, -0.2) is 41.2 Å². The summed E-state index contributed by atoms with van der Waals surface area (Å²) in [6.45, 7) is 9.43. The van der Waals surface area contributed by atoms with Crippen molar-refractivity contribution in [1.82, 2.24) is 8.96 Å². The number of esters is 1. The third-order valence-corrected chi connectivity index (χ3v) is 11.1. The number of hydrogen-bond donors (Lipinski definition) is 0. The number of hydrogen-bond acceptors (Lipinski definition) is 7. The number of aromatic nitrogens is 2. The van der Waals surface area contributed by atoms with Crippen molar-refractivity contribution in [3.8, 4) is 11.3 Å². The number of carbonyl (C=O) groups excluding carboxylic acids is 1. The number of benzene rings is 2. The van der Waals surface area contributed by atoms with Crippen LogP contribution in [0.4, 0.5) is 5.13 Å². The van der Waals surface area contributed by atoms with E-state index in [1.54, 1.807) is 36.6 Å². The molecule has 1 atom stereocenters. The van der Waals surface area contributed by atoms with E-state index >= 15 is 0 Å². The molecule has 2 aromatic heterocycles. The Labute approximate surface area is 258 Å². The Kier molecular flexibility index (Phi) is 9.22. The van der Waals surface area contributed by atoms with Gasteiger partial charge in [-0.3, -0.25) is 4.79 Å². The van der Waals surface area contributed by atoms with Crippen LogP contribution in [0.25, 0.3) is 22.2 Å². The maximum atomic E-state index is 13.7. The number of rotatable bonds is 12. The molecule has 1 aliphatic rings.